The lowest BCUT2D eigenvalue weighted by atomic mass is 10.1. The molecule has 0 amide bonds. The zero-order valence-corrected chi connectivity index (χ0v) is 22.9. The van der Waals surface area contributed by atoms with Crippen molar-refractivity contribution in [1.82, 2.24) is 15.3 Å². The molecule has 218 valence electrons. The first-order chi connectivity index (χ1) is 19.9. The Morgan fingerprint density at radius 2 is 1.66 bits per heavy atom. The number of rotatable bonds is 13. The average Bonchev–Trinajstić information content (AvgIpc) is 2.99. The van der Waals surface area contributed by atoms with Gasteiger partial charge in [0.15, 0.2) is 35.2 Å². The molecular formula is C29H31F3N4O5. The van der Waals surface area contributed by atoms with Gasteiger partial charge in [0.2, 0.25) is 0 Å². The Kier molecular flexibility index (Phi) is 12.0. The van der Waals surface area contributed by atoms with E-state index in [2.05, 4.69) is 20.6 Å². The molecule has 2 heterocycles. The van der Waals surface area contributed by atoms with Crippen LogP contribution < -0.4 is 29.6 Å². The number of carbonyl (C=O) groups excluding carboxylic acids is 1. The van der Waals surface area contributed by atoms with Gasteiger partial charge in [0.25, 0.3) is 0 Å². The number of halogens is 3. The highest BCUT2D eigenvalue weighted by Gasteiger charge is 2.17. The molecule has 4 rings (SSSR count). The molecule has 0 radical (unpaired) electrons. The van der Waals surface area contributed by atoms with Crippen LogP contribution in [-0.2, 0) is 0 Å². The van der Waals surface area contributed by atoms with Gasteiger partial charge in [-0.25, -0.2) is 8.78 Å². The average molecular weight is 573 g/mol. The molecule has 4 aromatic rings. The third kappa shape index (κ3) is 8.45. The van der Waals surface area contributed by atoms with Crippen molar-refractivity contribution in [3.05, 3.63) is 72.2 Å². The van der Waals surface area contributed by atoms with Crippen molar-refractivity contribution in [1.29, 1.82) is 0 Å². The number of methoxy groups -OCH3 is 1. The number of alkyl halides is 1. The van der Waals surface area contributed by atoms with E-state index in [-0.39, 0.29) is 12.4 Å². The first-order valence-corrected chi connectivity index (χ1v) is 12.6. The van der Waals surface area contributed by atoms with Crippen molar-refractivity contribution >= 4 is 22.9 Å². The summed E-state index contributed by atoms with van der Waals surface area (Å²) in [6, 6.07) is 8.82. The number of benzene rings is 2. The van der Waals surface area contributed by atoms with Gasteiger partial charge in [-0.3, -0.25) is 19.2 Å². The predicted molar refractivity (Wildman–Crippen MR) is 149 cm³/mol. The van der Waals surface area contributed by atoms with Crippen LogP contribution in [0.25, 0.3) is 10.9 Å². The monoisotopic (exact) mass is 572 g/mol. The minimum atomic E-state index is -0.812. The van der Waals surface area contributed by atoms with Gasteiger partial charge in [-0.05, 0) is 25.2 Å². The fourth-order valence-electron chi connectivity index (χ4n) is 3.52. The maximum Gasteiger partial charge on any atom is 0.198 e. The molecule has 0 bridgehead atoms. The number of hydrogen-bond donors (Lipinski definition) is 2. The molecule has 0 aliphatic carbocycles. The lowest BCUT2D eigenvalue weighted by Gasteiger charge is -2.14. The van der Waals surface area contributed by atoms with Crippen molar-refractivity contribution in [2.75, 3.05) is 53.0 Å². The van der Waals surface area contributed by atoms with Gasteiger partial charge < -0.3 is 29.6 Å². The topological polar surface area (TPSA) is 104 Å². The SMILES string of the molecule is CNCCOc1cc2nccc(Oc3c(F)cc(NC)cc3F)c2cc1OC.O=Cc1cnccc1OCCCF. The van der Waals surface area contributed by atoms with E-state index in [1.165, 1.54) is 31.8 Å². The molecule has 41 heavy (non-hydrogen) atoms. The van der Waals surface area contributed by atoms with Gasteiger partial charge >= 0.3 is 0 Å². The standard InChI is InChI=1S/C20H21F2N3O3.C9H10FNO2/c1-23-6-7-27-19-11-16-13(10-18(19)26-3)17(4-5-25-16)28-20-14(21)8-12(24-2)9-15(20)22;10-3-1-5-13-9-2-4-11-6-8(9)7-12/h4-5,8-11,23-24H,6-7H2,1-3H3;2,4,6-7H,1,3,5H2. The van der Waals surface area contributed by atoms with Crippen LogP contribution in [0.1, 0.15) is 16.8 Å². The Bertz CT molecular complexity index is 1420. The van der Waals surface area contributed by atoms with Crippen LogP contribution in [0.4, 0.5) is 18.9 Å². The number of aromatic nitrogens is 2. The molecule has 0 atom stereocenters. The van der Waals surface area contributed by atoms with Crippen molar-refractivity contribution in [2.45, 2.75) is 6.42 Å². The van der Waals surface area contributed by atoms with Crippen LogP contribution in [0.2, 0.25) is 0 Å². The Morgan fingerprint density at radius 3 is 2.32 bits per heavy atom. The molecular weight excluding hydrogens is 541 g/mol. The summed E-state index contributed by atoms with van der Waals surface area (Å²) < 4.78 is 62.1. The van der Waals surface area contributed by atoms with Crippen LogP contribution in [0.3, 0.4) is 0 Å². The van der Waals surface area contributed by atoms with Crippen LogP contribution in [0.15, 0.2) is 55.0 Å². The van der Waals surface area contributed by atoms with Crippen LogP contribution in [0, 0.1) is 11.6 Å². The maximum atomic E-state index is 14.3. The second-order valence-corrected chi connectivity index (χ2v) is 8.32. The third-order valence-corrected chi connectivity index (χ3v) is 5.57. The number of anilines is 1. The second kappa shape index (κ2) is 15.9. The molecule has 12 heteroatoms. The summed E-state index contributed by atoms with van der Waals surface area (Å²) in [4.78, 5) is 18.5. The minimum absolute atomic E-state index is 0.250. The number of ether oxygens (including phenoxy) is 4. The fourth-order valence-corrected chi connectivity index (χ4v) is 3.52. The van der Waals surface area contributed by atoms with Crippen molar-refractivity contribution in [2.24, 2.45) is 0 Å². The van der Waals surface area contributed by atoms with Crippen LogP contribution >= 0.6 is 0 Å². The van der Waals surface area contributed by atoms with E-state index in [1.807, 2.05) is 7.05 Å². The molecule has 0 saturated carbocycles. The van der Waals surface area contributed by atoms with E-state index >= 15 is 0 Å². The van der Waals surface area contributed by atoms with E-state index in [0.29, 0.717) is 65.3 Å². The van der Waals surface area contributed by atoms with E-state index in [4.69, 9.17) is 18.9 Å². The zero-order valence-electron chi connectivity index (χ0n) is 22.9. The number of carbonyl (C=O) groups is 1. The van der Waals surface area contributed by atoms with Gasteiger partial charge in [-0.2, -0.15) is 0 Å². The lowest BCUT2D eigenvalue weighted by molar-refractivity contribution is 0.111. The Hall–Kier alpha value is -4.58. The van der Waals surface area contributed by atoms with Gasteiger partial charge in [-0.15, -0.1) is 0 Å². The van der Waals surface area contributed by atoms with E-state index in [0.717, 1.165) is 12.1 Å². The zero-order chi connectivity index (χ0) is 29.6. The molecule has 2 aromatic carbocycles. The molecule has 0 spiro atoms. The normalized spacial score (nSPS) is 10.4. The molecule has 0 fully saturated rings. The molecule has 9 nitrogen and oxygen atoms in total. The first kappa shape index (κ1) is 31.0. The highest BCUT2D eigenvalue weighted by molar-refractivity contribution is 5.88. The third-order valence-electron chi connectivity index (χ3n) is 5.57. The molecule has 0 aliphatic rings. The summed E-state index contributed by atoms with van der Waals surface area (Å²) in [6.45, 7) is 0.977. The quantitative estimate of drug-likeness (QED) is 0.157. The summed E-state index contributed by atoms with van der Waals surface area (Å²) in [5.41, 5.74) is 1.25. The van der Waals surface area contributed by atoms with Crippen molar-refractivity contribution in [3.8, 4) is 28.7 Å². The number of hydrogen-bond acceptors (Lipinski definition) is 9. The number of nitrogens with zero attached hydrogens (tertiary/aromatic N) is 2. The molecule has 0 aliphatic heterocycles. The largest absolute Gasteiger partial charge is 0.493 e. The Balaban J connectivity index is 0.000000298. The summed E-state index contributed by atoms with van der Waals surface area (Å²) in [5.74, 6) is -0.418. The summed E-state index contributed by atoms with van der Waals surface area (Å²) >= 11 is 0. The van der Waals surface area contributed by atoms with Crippen molar-refractivity contribution < 1.29 is 36.9 Å². The Labute approximate surface area is 235 Å². The highest BCUT2D eigenvalue weighted by atomic mass is 19.1. The molecule has 0 saturated heterocycles. The van der Waals surface area contributed by atoms with Crippen molar-refractivity contribution in [3.63, 3.8) is 0 Å². The number of fused-ring (bicyclic) bond motifs is 1. The smallest absolute Gasteiger partial charge is 0.198 e. The number of likely N-dealkylation sites (N-methyl/N-ethyl adjacent to an activating group) is 1. The Morgan fingerprint density at radius 1 is 0.927 bits per heavy atom. The number of pyridine rings is 2. The minimum Gasteiger partial charge on any atom is -0.493 e. The van der Waals surface area contributed by atoms with Crippen LogP contribution in [0.5, 0.6) is 28.7 Å². The van der Waals surface area contributed by atoms with Gasteiger partial charge in [0, 0.05) is 67.9 Å². The number of aldehydes is 1. The van der Waals surface area contributed by atoms with Crippen LogP contribution in [-0.4, -0.2) is 63.9 Å². The van der Waals surface area contributed by atoms with E-state index in [1.54, 1.807) is 25.2 Å². The molecule has 2 aromatic heterocycles. The van der Waals surface area contributed by atoms with E-state index in [9.17, 15) is 18.0 Å². The van der Waals surface area contributed by atoms with Gasteiger partial charge in [0.1, 0.15) is 18.1 Å². The fraction of sp³-hybridized carbons (Fsp3) is 0.276. The van der Waals surface area contributed by atoms with Gasteiger partial charge in [0.05, 0.1) is 31.5 Å². The first-order valence-electron chi connectivity index (χ1n) is 12.6. The molecule has 0 unspecified atom stereocenters. The highest BCUT2D eigenvalue weighted by Crippen LogP contribution is 2.38. The second-order valence-electron chi connectivity index (χ2n) is 8.32. The number of nitrogens with one attached hydrogen (secondary N) is 2. The summed E-state index contributed by atoms with van der Waals surface area (Å²) in [6.07, 6.45) is 5.44. The lowest BCUT2D eigenvalue weighted by Crippen LogP contribution is -2.16. The summed E-state index contributed by atoms with van der Waals surface area (Å²) in [7, 11) is 4.92. The van der Waals surface area contributed by atoms with E-state index < -0.39 is 24.1 Å². The predicted octanol–water partition coefficient (Wildman–Crippen LogP) is 5.59. The maximum absolute atomic E-state index is 14.3. The van der Waals surface area contributed by atoms with Gasteiger partial charge in [-0.1, -0.05) is 0 Å². The summed E-state index contributed by atoms with van der Waals surface area (Å²) in [5, 5.41) is 6.22. The molecule has 2 N–H and O–H groups in total.